The van der Waals surface area contributed by atoms with Gasteiger partial charge in [-0.3, -0.25) is 4.57 Å². The summed E-state index contributed by atoms with van der Waals surface area (Å²) in [5.74, 6) is 1.33. The lowest BCUT2D eigenvalue weighted by molar-refractivity contribution is 0.138. The van der Waals surface area contributed by atoms with Gasteiger partial charge in [-0.1, -0.05) is 24.6 Å². The zero-order valence-corrected chi connectivity index (χ0v) is 13.8. The maximum Gasteiger partial charge on any atom is 0.297 e. The van der Waals surface area contributed by atoms with Crippen LogP contribution in [0.1, 0.15) is 32.1 Å². The van der Waals surface area contributed by atoms with Crippen molar-refractivity contribution in [1.29, 1.82) is 0 Å². The van der Waals surface area contributed by atoms with Gasteiger partial charge in [0.1, 0.15) is 17.4 Å². The Balaban J connectivity index is 1.58. The average Bonchev–Trinajstić information content (AvgIpc) is 2.93. The number of hydrogen-bond acceptors (Lipinski definition) is 4. The van der Waals surface area contributed by atoms with E-state index in [4.69, 9.17) is 9.47 Å². The molecule has 3 aromatic rings. The molecular weight excluding hydrogens is 302 g/mol. The molecule has 0 unspecified atom stereocenters. The summed E-state index contributed by atoms with van der Waals surface area (Å²) >= 11 is 0. The lowest BCUT2D eigenvalue weighted by atomic mass is 9.98. The Labute approximate surface area is 141 Å². The molecule has 24 heavy (non-hydrogen) atoms. The molecule has 1 saturated carbocycles. The minimum absolute atomic E-state index is 0.280. The highest BCUT2D eigenvalue weighted by atomic mass is 16.5. The van der Waals surface area contributed by atoms with Gasteiger partial charge in [-0.15, -0.1) is 0 Å². The van der Waals surface area contributed by atoms with Crippen LogP contribution in [-0.2, 0) is 7.05 Å². The number of rotatable bonds is 4. The summed E-state index contributed by atoms with van der Waals surface area (Å²) in [6.07, 6.45) is 8.04. The topological polar surface area (TPSA) is 49.2 Å². The van der Waals surface area contributed by atoms with Crippen molar-refractivity contribution in [3.8, 4) is 17.6 Å². The molecule has 2 heterocycles. The van der Waals surface area contributed by atoms with E-state index in [9.17, 15) is 0 Å². The Morgan fingerprint density at radius 1 is 1.08 bits per heavy atom. The second-order valence-corrected chi connectivity index (χ2v) is 6.26. The Bertz CT molecular complexity index is 823. The van der Waals surface area contributed by atoms with Crippen LogP contribution in [0.3, 0.4) is 0 Å². The van der Waals surface area contributed by atoms with Gasteiger partial charge >= 0.3 is 0 Å². The van der Waals surface area contributed by atoms with Gasteiger partial charge in [0.05, 0.1) is 11.7 Å². The molecule has 0 amide bonds. The molecule has 0 spiro atoms. The van der Waals surface area contributed by atoms with Gasteiger partial charge in [0.25, 0.3) is 6.01 Å². The third kappa shape index (κ3) is 3.07. The number of aryl methyl sites for hydroxylation is 1. The van der Waals surface area contributed by atoms with E-state index in [2.05, 4.69) is 9.97 Å². The molecule has 2 aromatic heterocycles. The first-order chi connectivity index (χ1) is 11.8. The van der Waals surface area contributed by atoms with Crippen LogP contribution in [0.4, 0.5) is 0 Å². The molecule has 4 rings (SSSR count). The highest BCUT2D eigenvalue weighted by molar-refractivity contribution is 5.76. The van der Waals surface area contributed by atoms with Gasteiger partial charge < -0.3 is 9.47 Å². The summed E-state index contributed by atoms with van der Waals surface area (Å²) in [5.41, 5.74) is 1.78. The van der Waals surface area contributed by atoms with E-state index in [1.54, 1.807) is 6.20 Å². The number of hydrogen-bond donors (Lipinski definition) is 0. The molecule has 0 N–H and O–H groups in total. The average molecular weight is 323 g/mol. The van der Waals surface area contributed by atoms with E-state index < -0.39 is 0 Å². The minimum Gasteiger partial charge on any atom is -0.461 e. The molecule has 124 valence electrons. The van der Waals surface area contributed by atoms with Crippen molar-refractivity contribution in [3.63, 3.8) is 0 Å². The molecule has 1 fully saturated rings. The smallest absolute Gasteiger partial charge is 0.297 e. The minimum atomic E-state index is 0.280. The number of imidazole rings is 1. The molecule has 0 radical (unpaired) electrons. The zero-order chi connectivity index (χ0) is 16.4. The first-order valence-corrected chi connectivity index (χ1v) is 8.51. The first-order valence-electron chi connectivity index (χ1n) is 8.51. The van der Waals surface area contributed by atoms with Crippen LogP contribution in [-0.4, -0.2) is 20.6 Å². The van der Waals surface area contributed by atoms with Crippen molar-refractivity contribution >= 4 is 11.0 Å². The SMILES string of the molecule is Cn1c(OC2CCCCC2)nc2cnc(Oc3ccccc3)cc21. The van der Waals surface area contributed by atoms with E-state index in [0.29, 0.717) is 11.9 Å². The molecule has 0 aliphatic heterocycles. The third-order valence-corrected chi connectivity index (χ3v) is 4.49. The fraction of sp³-hybridized carbons (Fsp3) is 0.368. The quantitative estimate of drug-likeness (QED) is 0.710. The maximum atomic E-state index is 6.11. The number of aromatic nitrogens is 3. The predicted molar refractivity (Wildman–Crippen MR) is 92.5 cm³/mol. The molecule has 5 heteroatoms. The van der Waals surface area contributed by atoms with Gasteiger partial charge in [0.2, 0.25) is 5.88 Å². The largest absolute Gasteiger partial charge is 0.461 e. The Kier molecular flexibility index (Phi) is 4.07. The standard InChI is InChI=1S/C19H21N3O2/c1-22-17-12-18(23-14-8-4-2-5-9-14)20-13-16(17)21-19(22)24-15-10-6-3-7-11-15/h2,4-5,8-9,12-13,15H,3,6-7,10-11H2,1H3. The molecular formula is C19H21N3O2. The molecule has 0 atom stereocenters. The van der Waals surface area contributed by atoms with Crippen LogP contribution in [0, 0.1) is 0 Å². The summed E-state index contributed by atoms with van der Waals surface area (Å²) in [6.45, 7) is 0. The Morgan fingerprint density at radius 2 is 1.88 bits per heavy atom. The summed E-state index contributed by atoms with van der Waals surface area (Å²) in [6, 6.07) is 12.2. The molecule has 1 aromatic carbocycles. The van der Waals surface area contributed by atoms with Crippen LogP contribution in [0.25, 0.3) is 11.0 Å². The number of pyridine rings is 1. The number of benzene rings is 1. The summed E-state index contributed by atoms with van der Waals surface area (Å²) < 4.78 is 13.9. The normalized spacial score (nSPS) is 15.5. The second-order valence-electron chi connectivity index (χ2n) is 6.26. The van der Waals surface area contributed by atoms with Crippen molar-refractivity contribution < 1.29 is 9.47 Å². The van der Waals surface area contributed by atoms with Crippen molar-refractivity contribution in [1.82, 2.24) is 14.5 Å². The number of nitrogens with zero attached hydrogens (tertiary/aromatic N) is 3. The van der Waals surface area contributed by atoms with Gasteiger partial charge in [0.15, 0.2) is 0 Å². The number of para-hydroxylation sites is 1. The molecule has 5 nitrogen and oxygen atoms in total. The van der Waals surface area contributed by atoms with E-state index in [0.717, 1.165) is 29.6 Å². The highest BCUT2D eigenvalue weighted by Crippen LogP contribution is 2.28. The van der Waals surface area contributed by atoms with Crippen molar-refractivity contribution in [2.75, 3.05) is 0 Å². The first kappa shape index (κ1) is 15.0. The molecule has 1 aliphatic rings. The Morgan fingerprint density at radius 3 is 2.67 bits per heavy atom. The van der Waals surface area contributed by atoms with Crippen LogP contribution in [0.2, 0.25) is 0 Å². The molecule has 0 bridgehead atoms. The fourth-order valence-corrected chi connectivity index (χ4v) is 3.16. The van der Waals surface area contributed by atoms with E-state index in [1.165, 1.54) is 19.3 Å². The summed E-state index contributed by atoms with van der Waals surface area (Å²) in [5, 5.41) is 0. The van der Waals surface area contributed by atoms with Gasteiger partial charge in [-0.05, 0) is 37.8 Å². The van der Waals surface area contributed by atoms with Crippen LogP contribution in [0.15, 0.2) is 42.6 Å². The van der Waals surface area contributed by atoms with Crippen molar-refractivity contribution in [3.05, 3.63) is 42.6 Å². The summed E-state index contributed by atoms with van der Waals surface area (Å²) in [4.78, 5) is 8.93. The molecule has 0 saturated heterocycles. The monoisotopic (exact) mass is 323 g/mol. The van der Waals surface area contributed by atoms with Crippen LogP contribution >= 0.6 is 0 Å². The lowest BCUT2D eigenvalue weighted by Gasteiger charge is -2.22. The maximum absolute atomic E-state index is 6.11. The lowest BCUT2D eigenvalue weighted by Crippen LogP contribution is -2.21. The molecule has 1 aliphatic carbocycles. The fourth-order valence-electron chi connectivity index (χ4n) is 3.16. The predicted octanol–water partition coefficient (Wildman–Crippen LogP) is 4.47. The van der Waals surface area contributed by atoms with Crippen molar-refractivity contribution in [2.45, 2.75) is 38.2 Å². The number of fused-ring (bicyclic) bond motifs is 1. The van der Waals surface area contributed by atoms with Gasteiger partial charge in [0, 0.05) is 13.1 Å². The zero-order valence-electron chi connectivity index (χ0n) is 13.8. The van der Waals surface area contributed by atoms with Crippen molar-refractivity contribution in [2.24, 2.45) is 7.05 Å². The van der Waals surface area contributed by atoms with Gasteiger partial charge in [-0.2, -0.15) is 4.98 Å². The van der Waals surface area contributed by atoms with E-state index >= 15 is 0 Å². The Hall–Kier alpha value is -2.56. The third-order valence-electron chi connectivity index (χ3n) is 4.49. The van der Waals surface area contributed by atoms with Crippen LogP contribution < -0.4 is 9.47 Å². The highest BCUT2D eigenvalue weighted by Gasteiger charge is 2.18. The van der Waals surface area contributed by atoms with E-state index in [1.807, 2.05) is 48.0 Å². The van der Waals surface area contributed by atoms with E-state index in [-0.39, 0.29) is 6.10 Å². The summed E-state index contributed by atoms with van der Waals surface area (Å²) in [7, 11) is 1.97. The number of ether oxygens (including phenoxy) is 2. The second kappa shape index (κ2) is 6.51. The van der Waals surface area contributed by atoms with Crippen LogP contribution in [0.5, 0.6) is 17.6 Å². The van der Waals surface area contributed by atoms with Gasteiger partial charge in [-0.25, -0.2) is 4.98 Å².